The highest BCUT2D eigenvalue weighted by Crippen LogP contribution is 2.38. The molecule has 0 saturated heterocycles. The molecule has 190 valence electrons. The third kappa shape index (κ3) is 4.56. The van der Waals surface area contributed by atoms with Crippen molar-refractivity contribution in [3.05, 3.63) is 86.8 Å². The smallest absolute Gasteiger partial charge is 0.257 e. The van der Waals surface area contributed by atoms with Gasteiger partial charge in [-0.1, -0.05) is 6.07 Å². The molecule has 5 aromatic rings. The van der Waals surface area contributed by atoms with Crippen LogP contribution in [0.3, 0.4) is 0 Å². The maximum atomic E-state index is 13.9. The molecule has 0 bridgehead atoms. The number of nitrogens with zero attached hydrogens (tertiary/aromatic N) is 3. The Labute approximate surface area is 216 Å². The highest BCUT2D eigenvalue weighted by atomic mass is 32.1. The van der Waals surface area contributed by atoms with Gasteiger partial charge in [0.15, 0.2) is 5.75 Å². The van der Waals surface area contributed by atoms with E-state index in [0.717, 1.165) is 0 Å². The molecular formula is C28H26FN3O4S. The topological polar surface area (TPSA) is 90.4 Å². The Morgan fingerprint density at radius 2 is 1.73 bits per heavy atom. The molecule has 1 N–H and O–H groups in total. The van der Waals surface area contributed by atoms with E-state index in [2.05, 4.69) is 10.2 Å². The Morgan fingerprint density at radius 1 is 1.03 bits per heavy atom. The number of aromatic nitrogens is 3. The van der Waals surface area contributed by atoms with E-state index in [1.807, 2.05) is 16.7 Å². The van der Waals surface area contributed by atoms with Crippen molar-refractivity contribution in [3.63, 3.8) is 0 Å². The molecule has 0 radical (unpaired) electrons. The van der Waals surface area contributed by atoms with Crippen molar-refractivity contribution >= 4 is 21.6 Å². The number of benzene rings is 2. The van der Waals surface area contributed by atoms with Crippen LogP contribution < -0.4 is 10.2 Å². The summed E-state index contributed by atoms with van der Waals surface area (Å²) in [5, 5.41) is 18.8. The predicted octanol–water partition coefficient (Wildman–Crippen LogP) is 6.49. The summed E-state index contributed by atoms with van der Waals surface area (Å²) < 4.78 is 28.3. The first-order valence-corrected chi connectivity index (χ1v) is 12.5. The number of fused-ring (bicyclic) bond motifs is 1. The third-order valence-corrected chi connectivity index (χ3v) is 7.27. The quantitative estimate of drug-likeness (QED) is 0.285. The summed E-state index contributed by atoms with van der Waals surface area (Å²) in [6.45, 7) is 10.4. The zero-order valence-electron chi connectivity index (χ0n) is 21.3. The average molecular weight is 520 g/mol. The van der Waals surface area contributed by atoms with Crippen molar-refractivity contribution in [2.45, 2.75) is 47.1 Å². The number of ether oxygens (including phenoxy) is 1. The first-order chi connectivity index (χ1) is 17.4. The zero-order chi connectivity index (χ0) is 26.6. The molecule has 0 aliphatic heterocycles. The summed E-state index contributed by atoms with van der Waals surface area (Å²) in [5.74, 6) is 1.45. The van der Waals surface area contributed by atoms with E-state index in [9.17, 15) is 14.3 Å². The lowest BCUT2D eigenvalue weighted by molar-refractivity contribution is 0.0785. The normalized spacial score (nSPS) is 11.9. The minimum absolute atomic E-state index is 0.0925. The van der Waals surface area contributed by atoms with Crippen molar-refractivity contribution in [1.29, 1.82) is 0 Å². The summed E-state index contributed by atoms with van der Waals surface area (Å²) in [5.41, 5.74) is 2.54. The van der Waals surface area contributed by atoms with Crippen LogP contribution in [0.15, 0.2) is 51.8 Å². The molecule has 0 atom stereocenters. The van der Waals surface area contributed by atoms with Crippen LogP contribution in [0.1, 0.15) is 42.0 Å². The first-order valence-electron chi connectivity index (χ1n) is 11.7. The van der Waals surface area contributed by atoms with Crippen LogP contribution in [0.25, 0.3) is 26.7 Å². The molecule has 0 saturated carbocycles. The van der Waals surface area contributed by atoms with Crippen LogP contribution in [-0.4, -0.2) is 19.9 Å². The molecule has 5 rings (SSSR count). The van der Waals surface area contributed by atoms with E-state index in [-0.39, 0.29) is 11.2 Å². The van der Waals surface area contributed by atoms with Gasteiger partial charge in [0, 0.05) is 18.7 Å². The fraction of sp³-hybridized carbons (Fsp3) is 0.250. The molecule has 0 aliphatic rings. The van der Waals surface area contributed by atoms with Crippen molar-refractivity contribution in [3.8, 4) is 28.0 Å². The number of halogens is 1. The van der Waals surface area contributed by atoms with E-state index in [0.29, 0.717) is 66.3 Å². The molecule has 0 fully saturated rings. The van der Waals surface area contributed by atoms with Gasteiger partial charge in [0.1, 0.15) is 11.6 Å². The number of hydrogen-bond donors (Lipinski definition) is 1. The Kier molecular flexibility index (Phi) is 6.00. The number of aliphatic hydroxyl groups is 1. The van der Waals surface area contributed by atoms with Gasteiger partial charge in [-0.05, 0) is 81.6 Å². The molecule has 7 nitrogen and oxygen atoms in total. The van der Waals surface area contributed by atoms with Crippen LogP contribution in [0.2, 0.25) is 0 Å². The number of hydrogen-bond acceptors (Lipinski definition) is 7. The second-order valence-corrected chi connectivity index (χ2v) is 10.7. The minimum atomic E-state index is -1.12. The van der Waals surface area contributed by atoms with Crippen LogP contribution in [-0.2, 0) is 5.60 Å². The Morgan fingerprint density at radius 3 is 2.35 bits per heavy atom. The summed E-state index contributed by atoms with van der Waals surface area (Å²) in [6.07, 6.45) is 1.75. The van der Waals surface area contributed by atoms with Crippen molar-refractivity contribution in [2.75, 3.05) is 0 Å². The summed E-state index contributed by atoms with van der Waals surface area (Å²) in [6, 6.07) is 10.1. The molecular weight excluding hydrogens is 493 g/mol. The lowest BCUT2D eigenvalue weighted by Gasteiger charge is -2.22. The summed E-state index contributed by atoms with van der Waals surface area (Å²) in [7, 11) is 0. The van der Waals surface area contributed by atoms with E-state index in [4.69, 9.17) is 9.15 Å². The molecule has 9 heteroatoms. The molecule has 0 aliphatic carbocycles. The largest absolute Gasteiger partial charge is 0.455 e. The lowest BCUT2D eigenvalue weighted by Crippen LogP contribution is -2.16. The predicted molar refractivity (Wildman–Crippen MR) is 141 cm³/mol. The Balaban J connectivity index is 1.77. The fourth-order valence-corrected chi connectivity index (χ4v) is 5.34. The van der Waals surface area contributed by atoms with Gasteiger partial charge in [-0.3, -0.25) is 4.79 Å². The monoisotopic (exact) mass is 519 g/mol. The zero-order valence-corrected chi connectivity index (χ0v) is 22.2. The van der Waals surface area contributed by atoms with Gasteiger partial charge in [0.2, 0.25) is 11.3 Å². The maximum absolute atomic E-state index is 13.9. The molecule has 2 aromatic carbocycles. The van der Waals surface area contributed by atoms with E-state index < -0.39 is 5.60 Å². The minimum Gasteiger partial charge on any atom is -0.455 e. The van der Waals surface area contributed by atoms with Gasteiger partial charge in [-0.15, -0.1) is 21.5 Å². The number of rotatable bonds is 5. The maximum Gasteiger partial charge on any atom is 0.257 e. The second-order valence-electron chi connectivity index (χ2n) is 9.67. The Bertz CT molecular complexity index is 1700. The Hall–Kier alpha value is -3.82. The van der Waals surface area contributed by atoms with Gasteiger partial charge in [0.05, 0.1) is 26.4 Å². The highest BCUT2D eigenvalue weighted by Gasteiger charge is 2.22. The molecule has 0 spiro atoms. The first kappa shape index (κ1) is 24.9. The van der Waals surface area contributed by atoms with Crippen LogP contribution in [0.5, 0.6) is 11.5 Å². The van der Waals surface area contributed by atoms with Crippen LogP contribution >= 0.6 is 11.3 Å². The van der Waals surface area contributed by atoms with E-state index >= 15 is 0 Å². The molecule has 3 heterocycles. The standard InChI is InChI=1S/C28H26FN3O4S/c1-14-9-19(29)10-15(2)25(14)36-22-8-7-18(28(5,6)34)11-20(22)32-13-16(3)24(33)26-21(32)12-23(37-26)27-31-30-17(4)35-27/h7-13,34H,1-6H3. The van der Waals surface area contributed by atoms with Gasteiger partial charge in [-0.25, -0.2) is 4.39 Å². The van der Waals surface area contributed by atoms with E-state index in [1.54, 1.807) is 59.9 Å². The van der Waals surface area contributed by atoms with Crippen molar-refractivity contribution in [1.82, 2.24) is 14.8 Å². The highest BCUT2D eigenvalue weighted by molar-refractivity contribution is 7.22. The molecule has 37 heavy (non-hydrogen) atoms. The van der Waals surface area contributed by atoms with Crippen molar-refractivity contribution in [2.24, 2.45) is 0 Å². The lowest BCUT2D eigenvalue weighted by atomic mass is 9.97. The second kappa shape index (κ2) is 8.93. The number of pyridine rings is 1. The van der Waals surface area contributed by atoms with Gasteiger partial charge >= 0.3 is 0 Å². The number of aryl methyl sites for hydroxylation is 4. The van der Waals surface area contributed by atoms with Gasteiger partial charge < -0.3 is 18.8 Å². The number of thiophene rings is 1. The third-order valence-electron chi connectivity index (χ3n) is 6.16. The summed E-state index contributed by atoms with van der Waals surface area (Å²) in [4.78, 5) is 13.8. The molecule has 3 aromatic heterocycles. The van der Waals surface area contributed by atoms with Crippen molar-refractivity contribution < 1.29 is 18.7 Å². The van der Waals surface area contributed by atoms with Gasteiger partial charge in [0.25, 0.3) is 5.89 Å². The van der Waals surface area contributed by atoms with Crippen LogP contribution in [0.4, 0.5) is 4.39 Å². The van der Waals surface area contributed by atoms with Crippen LogP contribution in [0, 0.1) is 33.5 Å². The molecule has 0 amide bonds. The van der Waals surface area contributed by atoms with E-state index in [1.165, 1.54) is 23.5 Å². The fourth-order valence-electron chi connectivity index (χ4n) is 4.27. The molecule has 0 unspecified atom stereocenters. The van der Waals surface area contributed by atoms with Gasteiger partial charge in [-0.2, -0.15) is 0 Å². The average Bonchev–Trinajstić information content (AvgIpc) is 3.45. The summed E-state index contributed by atoms with van der Waals surface area (Å²) >= 11 is 1.28. The SMILES string of the molecule is Cc1nnc(-c2cc3c(s2)c(=O)c(C)cn3-c2cc(C(C)(C)O)ccc2Oc2c(C)cc(F)cc2C)o1.